The van der Waals surface area contributed by atoms with Crippen LogP contribution in [-0.4, -0.2) is 30.9 Å². The summed E-state index contributed by atoms with van der Waals surface area (Å²) in [4.78, 5) is 5.35. The van der Waals surface area contributed by atoms with Gasteiger partial charge in [0.1, 0.15) is 0 Å². The van der Waals surface area contributed by atoms with Gasteiger partial charge in [0.15, 0.2) is 0 Å². The number of nitrogens with one attached hydrogen (secondary N) is 2. The molecule has 1 heterocycles. The third-order valence-corrected chi connectivity index (χ3v) is 2.45. The van der Waals surface area contributed by atoms with Crippen molar-refractivity contribution in [3.05, 3.63) is 12.3 Å². The van der Waals surface area contributed by atoms with Crippen molar-refractivity contribution in [2.45, 2.75) is 58.4 Å². The van der Waals surface area contributed by atoms with E-state index in [2.05, 4.69) is 38.1 Å². The Bertz CT molecular complexity index is 231. The molecule has 16 heavy (non-hydrogen) atoms. The average Bonchev–Trinajstić information content (AvgIpc) is 2.79. The molecule has 0 bridgehead atoms. The van der Waals surface area contributed by atoms with Crippen LogP contribution in [0, 0.1) is 0 Å². The highest BCUT2D eigenvalue weighted by molar-refractivity contribution is 4.86. The second kappa shape index (κ2) is 6.23. The lowest BCUT2D eigenvalue weighted by Crippen LogP contribution is -2.40. The van der Waals surface area contributed by atoms with Crippen molar-refractivity contribution < 1.29 is 9.57 Å². The lowest BCUT2D eigenvalue weighted by molar-refractivity contribution is 0.0416. The first-order chi connectivity index (χ1) is 7.49. The molecule has 0 unspecified atom stereocenters. The smallest absolute Gasteiger partial charge is 0.0900 e. The Hall–Kier alpha value is -0.580. The van der Waals surface area contributed by atoms with Gasteiger partial charge in [0.2, 0.25) is 0 Å². The molecule has 1 aliphatic heterocycles. The van der Waals surface area contributed by atoms with Crippen LogP contribution in [0.5, 0.6) is 0 Å². The quantitative estimate of drug-likeness (QED) is 0.489. The molecule has 1 aliphatic rings. The van der Waals surface area contributed by atoms with Gasteiger partial charge in [-0.2, -0.15) is 0 Å². The fourth-order valence-electron chi connectivity index (χ4n) is 1.68. The maximum absolute atomic E-state index is 5.42. The maximum Gasteiger partial charge on any atom is 0.0900 e. The molecule has 1 fully saturated rings. The van der Waals surface area contributed by atoms with Crippen molar-refractivity contribution in [3.8, 4) is 0 Å². The summed E-state index contributed by atoms with van der Waals surface area (Å²) in [6.45, 7) is 12.6. The predicted molar refractivity (Wildman–Crippen MR) is 64.9 cm³/mol. The van der Waals surface area contributed by atoms with Crippen molar-refractivity contribution in [3.63, 3.8) is 0 Å². The van der Waals surface area contributed by atoms with Gasteiger partial charge in [0, 0.05) is 17.8 Å². The minimum absolute atomic E-state index is 0.321. The summed E-state index contributed by atoms with van der Waals surface area (Å²) in [5.41, 5.74) is 3.60. The summed E-state index contributed by atoms with van der Waals surface area (Å²) < 4.78 is 5.42. The van der Waals surface area contributed by atoms with Gasteiger partial charge < -0.3 is 10.1 Å². The molecule has 94 valence electrons. The molecule has 0 aromatic carbocycles. The Morgan fingerprint density at radius 2 is 2.12 bits per heavy atom. The monoisotopic (exact) mass is 228 g/mol. The molecule has 4 heteroatoms. The van der Waals surface area contributed by atoms with Crippen LogP contribution < -0.4 is 10.8 Å². The molecule has 0 saturated carbocycles. The summed E-state index contributed by atoms with van der Waals surface area (Å²) >= 11 is 0. The van der Waals surface area contributed by atoms with E-state index < -0.39 is 0 Å². The van der Waals surface area contributed by atoms with Crippen LogP contribution in [0.2, 0.25) is 0 Å². The Morgan fingerprint density at radius 1 is 1.50 bits per heavy atom. The fraction of sp³-hybridized carbons (Fsp3) is 0.833. The minimum Gasteiger partial charge on any atom is -0.370 e. The lowest BCUT2D eigenvalue weighted by atomic mass is 10.1. The summed E-state index contributed by atoms with van der Waals surface area (Å²) in [5, 5.41) is 3.47. The van der Waals surface area contributed by atoms with Gasteiger partial charge in [-0.3, -0.25) is 10.3 Å². The Kier molecular flexibility index (Phi) is 5.25. The van der Waals surface area contributed by atoms with Crippen LogP contribution in [0.4, 0.5) is 0 Å². The molecule has 0 aromatic rings. The number of rotatable bonds is 8. The first-order valence-electron chi connectivity index (χ1n) is 5.94. The summed E-state index contributed by atoms with van der Waals surface area (Å²) in [7, 11) is 0. The van der Waals surface area contributed by atoms with Gasteiger partial charge >= 0.3 is 0 Å². The molecule has 1 saturated heterocycles. The van der Waals surface area contributed by atoms with Crippen LogP contribution in [-0.2, 0) is 9.57 Å². The molecule has 4 nitrogen and oxygen atoms in total. The van der Waals surface area contributed by atoms with E-state index in [4.69, 9.17) is 9.57 Å². The second-order valence-corrected chi connectivity index (χ2v) is 4.83. The largest absolute Gasteiger partial charge is 0.370 e. The fourth-order valence-corrected chi connectivity index (χ4v) is 1.68. The van der Waals surface area contributed by atoms with Crippen molar-refractivity contribution in [2.24, 2.45) is 0 Å². The third-order valence-electron chi connectivity index (χ3n) is 2.45. The molecular weight excluding hydrogens is 204 g/mol. The van der Waals surface area contributed by atoms with Crippen molar-refractivity contribution >= 4 is 0 Å². The number of ether oxygens (including phenoxy) is 1. The number of allylic oxidation sites excluding steroid dienone is 1. The number of epoxide rings is 1. The van der Waals surface area contributed by atoms with Gasteiger partial charge in [-0.1, -0.05) is 20.4 Å². The number of hydrogen-bond donors (Lipinski definition) is 2. The van der Waals surface area contributed by atoms with Crippen LogP contribution >= 0.6 is 0 Å². The Labute approximate surface area is 98.3 Å². The zero-order valence-electron chi connectivity index (χ0n) is 10.7. The van der Waals surface area contributed by atoms with E-state index in [1.807, 2.05) is 6.92 Å². The topological polar surface area (TPSA) is 45.8 Å². The number of hydrogen-bond acceptors (Lipinski definition) is 4. The van der Waals surface area contributed by atoms with E-state index in [0.717, 1.165) is 12.1 Å². The first kappa shape index (κ1) is 13.5. The average molecular weight is 228 g/mol. The molecule has 2 N–H and O–H groups in total. The summed E-state index contributed by atoms with van der Waals surface area (Å²) in [6, 6.07) is 0.772. The van der Waals surface area contributed by atoms with Crippen LogP contribution in [0.3, 0.4) is 0 Å². The van der Waals surface area contributed by atoms with Crippen LogP contribution in [0.15, 0.2) is 12.3 Å². The van der Waals surface area contributed by atoms with E-state index in [0.29, 0.717) is 30.9 Å². The van der Waals surface area contributed by atoms with Gasteiger partial charge in [0.05, 0.1) is 18.8 Å². The second-order valence-electron chi connectivity index (χ2n) is 4.83. The third kappa shape index (κ3) is 5.49. The zero-order chi connectivity index (χ0) is 12.1. The predicted octanol–water partition coefficient (Wildman–Crippen LogP) is 1.59. The van der Waals surface area contributed by atoms with Crippen molar-refractivity contribution in [2.75, 3.05) is 6.61 Å². The normalized spacial score (nSPS) is 25.6. The van der Waals surface area contributed by atoms with Crippen molar-refractivity contribution in [1.82, 2.24) is 10.8 Å². The van der Waals surface area contributed by atoms with E-state index >= 15 is 0 Å². The van der Waals surface area contributed by atoms with Gasteiger partial charge in [-0.05, 0) is 20.3 Å². The highest BCUT2D eigenvalue weighted by Crippen LogP contribution is 2.25. The Balaban J connectivity index is 2.23. The van der Waals surface area contributed by atoms with E-state index in [-0.39, 0.29) is 0 Å². The zero-order valence-corrected chi connectivity index (χ0v) is 10.7. The molecule has 0 radical (unpaired) electrons. The molecule has 0 aromatic heterocycles. The lowest BCUT2D eigenvalue weighted by Gasteiger charge is -2.20. The molecule has 1 rings (SSSR count). The van der Waals surface area contributed by atoms with E-state index in [1.54, 1.807) is 0 Å². The highest BCUT2D eigenvalue weighted by Gasteiger charge is 2.36. The standard InChI is InChI=1S/C12H24N2O2/c1-8(2)13-11(6-12-10(5)16-12)7-15-14-9(3)4/h8,10-14H,3,6-7H2,1-2,4-5H3/t10-,11+,12+/m1/s1. The number of hydroxylamine groups is 1. The SMILES string of the molecule is C=C(C)NOC[C@H](C[C@@H]1O[C@@H]1C)NC(C)C. The maximum atomic E-state index is 5.42. The highest BCUT2D eigenvalue weighted by atomic mass is 16.6. The van der Waals surface area contributed by atoms with E-state index in [1.165, 1.54) is 0 Å². The summed E-state index contributed by atoms with van der Waals surface area (Å²) in [5.74, 6) is 0. The van der Waals surface area contributed by atoms with Crippen molar-refractivity contribution in [1.29, 1.82) is 0 Å². The first-order valence-corrected chi connectivity index (χ1v) is 5.94. The minimum atomic E-state index is 0.321. The van der Waals surface area contributed by atoms with Crippen LogP contribution in [0.25, 0.3) is 0 Å². The van der Waals surface area contributed by atoms with Gasteiger partial charge in [-0.15, -0.1) is 0 Å². The molecule has 0 spiro atoms. The molecule has 3 atom stereocenters. The van der Waals surface area contributed by atoms with E-state index in [9.17, 15) is 0 Å². The summed E-state index contributed by atoms with van der Waals surface area (Å²) in [6.07, 6.45) is 1.80. The van der Waals surface area contributed by atoms with Gasteiger partial charge in [-0.25, -0.2) is 0 Å². The molecular formula is C12H24N2O2. The van der Waals surface area contributed by atoms with Gasteiger partial charge in [0.25, 0.3) is 0 Å². The Morgan fingerprint density at radius 3 is 2.56 bits per heavy atom. The molecule has 0 amide bonds. The molecule has 0 aliphatic carbocycles. The van der Waals surface area contributed by atoms with Crippen LogP contribution in [0.1, 0.15) is 34.1 Å².